The first-order valence-electron chi connectivity index (χ1n) is 13.6. The van der Waals surface area contributed by atoms with E-state index in [9.17, 15) is 9.90 Å². The summed E-state index contributed by atoms with van der Waals surface area (Å²) in [6, 6.07) is 19.8. The Hall–Kier alpha value is -3.79. The maximum atomic E-state index is 13.3. The predicted molar refractivity (Wildman–Crippen MR) is 163 cm³/mol. The van der Waals surface area contributed by atoms with Gasteiger partial charge < -0.3 is 33.4 Å². The Morgan fingerprint density at radius 1 is 0.805 bits per heavy atom. The molecule has 218 valence electrons. The largest absolute Gasteiger partial charge is 0.497 e. The molecule has 8 nitrogen and oxygen atoms in total. The second-order valence-electron chi connectivity index (χ2n) is 11.0. The number of aliphatic hydroxyl groups is 1. The minimum absolute atomic E-state index is 0.248. The van der Waals surface area contributed by atoms with Gasteiger partial charge in [0.15, 0.2) is 16.9 Å². The molecule has 4 rings (SSSR count). The molecular formula is C32H39NO7Si. The van der Waals surface area contributed by atoms with Crippen LogP contribution in [-0.4, -0.2) is 38.6 Å². The zero-order valence-electron chi connectivity index (χ0n) is 24.4. The fourth-order valence-electron chi connectivity index (χ4n) is 4.21. The van der Waals surface area contributed by atoms with Gasteiger partial charge >= 0.3 is 0 Å². The van der Waals surface area contributed by atoms with Gasteiger partial charge in [-0.3, -0.25) is 4.79 Å². The van der Waals surface area contributed by atoms with Crippen molar-refractivity contribution >= 4 is 19.0 Å². The van der Waals surface area contributed by atoms with Crippen molar-refractivity contribution in [3.63, 3.8) is 0 Å². The summed E-state index contributed by atoms with van der Waals surface area (Å²) in [6.07, 6.45) is 1.66. The van der Waals surface area contributed by atoms with Crippen molar-refractivity contribution < 1.29 is 28.8 Å². The van der Waals surface area contributed by atoms with E-state index < -0.39 is 8.07 Å². The van der Waals surface area contributed by atoms with Crippen molar-refractivity contribution in [2.45, 2.75) is 52.2 Å². The van der Waals surface area contributed by atoms with Crippen LogP contribution in [0.4, 0.5) is 0 Å². The summed E-state index contributed by atoms with van der Waals surface area (Å²) < 4.78 is 30.8. The number of ether oxygens (including phenoxy) is 5. The molecule has 0 radical (unpaired) electrons. The SMILES string of the molecule is COc1ccc(COc2cc3c(=O)c(CO)cn(COCC[Si](C)(C)C)c3cc2OCc2ccc(OC)cc2)cc1. The zero-order chi connectivity index (χ0) is 29.4. The smallest absolute Gasteiger partial charge is 0.195 e. The lowest BCUT2D eigenvalue weighted by Crippen LogP contribution is -2.22. The molecule has 0 saturated carbocycles. The first-order chi connectivity index (χ1) is 19.7. The van der Waals surface area contributed by atoms with E-state index in [2.05, 4.69) is 19.6 Å². The molecule has 41 heavy (non-hydrogen) atoms. The quantitative estimate of drug-likeness (QED) is 0.146. The van der Waals surface area contributed by atoms with Gasteiger partial charge in [0.05, 0.1) is 31.7 Å². The first kappa shape index (κ1) is 30.2. The second kappa shape index (κ2) is 13.7. The third-order valence-electron chi connectivity index (χ3n) is 6.72. The Labute approximate surface area is 242 Å². The third kappa shape index (κ3) is 8.13. The molecule has 9 heteroatoms. The summed E-state index contributed by atoms with van der Waals surface area (Å²) in [4.78, 5) is 13.3. The van der Waals surface area contributed by atoms with Crippen molar-refractivity contribution in [1.82, 2.24) is 4.57 Å². The van der Waals surface area contributed by atoms with Gasteiger partial charge in [0.2, 0.25) is 0 Å². The monoisotopic (exact) mass is 577 g/mol. The molecule has 0 aliphatic carbocycles. The second-order valence-corrected chi connectivity index (χ2v) is 16.7. The van der Waals surface area contributed by atoms with E-state index in [0.29, 0.717) is 41.2 Å². The highest BCUT2D eigenvalue weighted by molar-refractivity contribution is 6.76. The topological polar surface area (TPSA) is 88.4 Å². The lowest BCUT2D eigenvalue weighted by molar-refractivity contribution is 0.0894. The average molecular weight is 578 g/mol. The van der Waals surface area contributed by atoms with E-state index in [1.165, 1.54) is 0 Å². The number of hydrogen-bond acceptors (Lipinski definition) is 7. The Balaban J connectivity index is 1.69. The number of fused-ring (bicyclic) bond motifs is 1. The molecule has 3 aromatic carbocycles. The number of methoxy groups -OCH3 is 2. The van der Waals surface area contributed by atoms with Gasteiger partial charge in [-0.25, -0.2) is 0 Å². The lowest BCUT2D eigenvalue weighted by atomic mass is 10.1. The third-order valence-corrected chi connectivity index (χ3v) is 8.43. The minimum atomic E-state index is -1.26. The summed E-state index contributed by atoms with van der Waals surface area (Å²) >= 11 is 0. The van der Waals surface area contributed by atoms with Crippen molar-refractivity contribution in [3.8, 4) is 23.0 Å². The van der Waals surface area contributed by atoms with Crippen molar-refractivity contribution in [2.75, 3.05) is 20.8 Å². The van der Waals surface area contributed by atoms with Crippen LogP contribution in [0.2, 0.25) is 25.7 Å². The fourth-order valence-corrected chi connectivity index (χ4v) is 4.97. The van der Waals surface area contributed by atoms with Crippen LogP contribution < -0.4 is 24.4 Å². The van der Waals surface area contributed by atoms with Crippen LogP contribution in [-0.2, 0) is 31.3 Å². The molecule has 0 amide bonds. The number of nitrogens with zero attached hydrogens (tertiary/aromatic N) is 1. The maximum absolute atomic E-state index is 13.3. The predicted octanol–water partition coefficient (Wildman–Crippen LogP) is 5.98. The van der Waals surface area contributed by atoms with Crippen LogP contribution in [0, 0.1) is 0 Å². The molecule has 0 bridgehead atoms. The molecule has 0 saturated heterocycles. The average Bonchev–Trinajstić information content (AvgIpc) is 2.98. The highest BCUT2D eigenvalue weighted by Crippen LogP contribution is 2.33. The number of benzene rings is 3. The summed E-state index contributed by atoms with van der Waals surface area (Å²) in [6.45, 7) is 7.96. The fraction of sp³-hybridized carbons (Fsp3) is 0.344. The molecule has 0 unspecified atom stereocenters. The number of rotatable bonds is 14. The van der Waals surface area contributed by atoms with Gasteiger partial charge in [0.25, 0.3) is 0 Å². The summed E-state index contributed by atoms with van der Waals surface area (Å²) in [5, 5.41) is 10.3. The van der Waals surface area contributed by atoms with Gasteiger partial charge in [-0.1, -0.05) is 43.9 Å². The van der Waals surface area contributed by atoms with E-state index in [1.807, 2.05) is 59.2 Å². The molecule has 0 spiro atoms. The normalized spacial score (nSPS) is 11.5. The van der Waals surface area contributed by atoms with E-state index in [1.54, 1.807) is 26.5 Å². The van der Waals surface area contributed by atoms with Crippen molar-refractivity contribution in [3.05, 3.63) is 93.8 Å². The van der Waals surface area contributed by atoms with E-state index >= 15 is 0 Å². The molecular weight excluding hydrogens is 538 g/mol. The van der Waals surface area contributed by atoms with Crippen molar-refractivity contribution in [1.29, 1.82) is 0 Å². The molecule has 1 aromatic heterocycles. The van der Waals surface area contributed by atoms with Crippen LogP contribution in [0.15, 0.2) is 71.7 Å². The molecule has 4 aromatic rings. The highest BCUT2D eigenvalue weighted by Gasteiger charge is 2.17. The van der Waals surface area contributed by atoms with E-state index in [4.69, 9.17) is 23.7 Å². The zero-order valence-corrected chi connectivity index (χ0v) is 25.4. The number of aliphatic hydroxyl groups excluding tert-OH is 1. The van der Waals surface area contributed by atoms with Crippen LogP contribution in [0.3, 0.4) is 0 Å². The Bertz CT molecular complexity index is 1490. The van der Waals surface area contributed by atoms with Crippen molar-refractivity contribution in [2.24, 2.45) is 0 Å². The number of hydrogen-bond donors (Lipinski definition) is 1. The molecule has 1 N–H and O–H groups in total. The lowest BCUT2D eigenvalue weighted by Gasteiger charge is -2.19. The maximum Gasteiger partial charge on any atom is 0.195 e. The molecule has 1 heterocycles. The Kier molecular flexibility index (Phi) is 10.1. The van der Waals surface area contributed by atoms with E-state index in [0.717, 1.165) is 28.7 Å². The molecule has 0 atom stereocenters. The van der Waals surface area contributed by atoms with Crippen LogP contribution in [0.1, 0.15) is 16.7 Å². The molecule has 0 fully saturated rings. The number of aromatic nitrogens is 1. The van der Waals surface area contributed by atoms with Gasteiger partial charge in [-0.15, -0.1) is 0 Å². The van der Waals surface area contributed by atoms with Gasteiger partial charge in [-0.2, -0.15) is 0 Å². The molecule has 0 aliphatic heterocycles. The Morgan fingerprint density at radius 3 is 1.83 bits per heavy atom. The number of pyridine rings is 1. The van der Waals surface area contributed by atoms with E-state index in [-0.39, 0.29) is 25.4 Å². The Morgan fingerprint density at radius 2 is 1.34 bits per heavy atom. The van der Waals surface area contributed by atoms with Gasteiger partial charge in [-0.05, 0) is 47.5 Å². The summed E-state index contributed by atoms with van der Waals surface area (Å²) in [5.41, 5.74) is 2.57. The standard InChI is InChI=1S/C32H39NO7Si/c1-36-26-10-6-23(7-11-26)20-39-30-16-28-29(17-31(30)40-21-24-8-12-27(37-2)13-9-24)33(18-25(19-34)32(28)35)22-38-14-15-41(3,4)5/h6-13,16-18,34H,14-15,19-22H2,1-5H3. The van der Waals surface area contributed by atoms with Crippen LogP contribution in [0.25, 0.3) is 10.9 Å². The summed E-state index contributed by atoms with van der Waals surface area (Å²) in [5.74, 6) is 2.45. The van der Waals surface area contributed by atoms with Gasteiger partial charge in [0, 0.05) is 32.5 Å². The van der Waals surface area contributed by atoms with Crippen LogP contribution in [0.5, 0.6) is 23.0 Å². The van der Waals surface area contributed by atoms with Gasteiger partial charge in [0.1, 0.15) is 31.4 Å². The highest BCUT2D eigenvalue weighted by atomic mass is 28.3. The van der Waals surface area contributed by atoms with Crippen LogP contribution >= 0.6 is 0 Å². The minimum Gasteiger partial charge on any atom is -0.497 e. The first-order valence-corrected chi connectivity index (χ1v) is 17.3. The summed E-state index contributed by atoms with van der Waals surface area (Å²) in [7, 11) is 1.99. The molecule has 0 aliphatic rings.